The number of rotatable bonds is 5. The Morgan fingerprint density at radius 2 is 1.45 bits per heavy atom. The average Bonchev–Trinajstić information content (AvgIpc) is 2.48. The second-order valence-electron chi connectivity index (χ2n) is 4.30. The van der Waals surface area contributed by atoms with E-state index in [1.165, 1.54) is 9.13 Å². The van der Waals surface area contributed by atoms with Crippen LogP contribution in [-0.4, -0.2) is 21.3 Å². The quantitative estimate of drug-likeness (QED) is 0.732. The SMILES string of the molecule is COc1ccc(Cc2ccc(I)cc2)c(OC)c1OC. The molecule has 0 radical (unpaired) electrons. The van der Waals surface area contributed by atoms with Gasteiger partial charge in [0.15, 0.2) is 11.5 Å². The van der Waals surface area contributed by atoms with Crippen LogP contribution in [-0.2, 0) is 6.42 Å². The molecule has 2 aromatic rings. The van der Waals surface area contributed by atoms with Crippen molar-refractivity contribution in [2.24, 2.45) is 0 Å². The number of halogens is 1. The molecule has 20 heavy (non-hydrogen) atoms. The van der Waals surface area contributed by atoms with Crippen LogP contribution in [0.2, 0.25) is 0 Å². The fourth-order valence-corrected chi connectivity index (χ4v) is 2.48. The number of hydrogen-bond acceptors (Lipinski definition) is 3. The van der Waals surface area contributed by atoms with E-state index in [9.17, 15) is 0 Å². The highest BCUT2D eigenvalue weighted by Crippen LogP contribution is 2.40. The van der Waals surface area contributed by atoms with Gasteiger partial charge in [-0.3, -0.25) is 0 Å². The predicted octanol–water partition coefficient (Wildman–Crippen LogP) is 3.91. The van der Waals surface area contributed by atoms with Crippen LogP contribution in [0.15, 0.2) is 36.4 Å². The largest absolute Gasteiger partial charge is 0.493 e. The summed E-state index contributed by atoms with van der Waals surface area (Å²) in [5, 5.41) is 0. The van der Waals surface area contributed by atoms with E-state index >= 15 is 0 Å². The van der Waals surface area contributed by atoms with Crippen LogP contribution < -0.4 is 14.2 Å². The summed E-state index contributed by atoms with van der Waals surface area (Å²) in [6.45, 7) is 0. The van der Waals surface area contributed by atoms with E-state index in [0.29, 0.717) is 11.5 Å². The van der Waals surface area contributed by atoms with Crippen LogP contribution in [0.25, 0.3) is 0 Å². The van der Waals surface area contributed by atoms with Gasteiger partial charge in [0.25, 0.3) is 0 Å². The number of ether oxygens (including phenoxy) is 3. The van der Waals surface area contributed by atoms with Gasteiger partial charge in [0.1, 0.15) is 0 Å². The Hall–Kier alpha value is -1.43. The van der Waals surface area contributed by atoms with Crippen molar-refractivity contribution >= 4 is 22.6 Å². The Bertz CT molecular complexity index is 579. The van der Waals surface area contributed by atoms with Gasteiger partial charge in [0, 0.05) is 15.6 Å². The molecule has 0 N–H and O–H groups in total. The molecule has 0 saturated carbocycles. The van der Waals surface area contributed by atoms with Gasteiger partial charge >= 0.3 is 0 Å². The third kappa shape index (κ3) is 3.17. The lowest BCUT2D eigenvalue weighted by Crippen LogP contribution is -1.99. The molecule has 4 heteroatoms. The number of hydrogen-bond donors (Lipinski definition) is 0. The molecule has 0 aliphatic carbocycles. The first-order valence-corrected chi connectivity index (χ1v) is 7.29. The lowest BCUT2D eigenvalue weighted by atomic mass is 10.0. The molecule has 0 fully saturated rings. The first kappa shape index (κ1) is 15.0. The standard InChI is InChI=1S/C16H17IO3/c1-18-14-9-6-12(15(19-2)16(14)20-3)10-11-4-7-13(17)8-5-11/h4-9H,10H2,1-3H3. The summed E-state index contributed by atoms with van der Waals surface area (Å²) in [6.07, 6.45) is 0.792. The van der Waals surface area contributed by atoms with E-state index in [-0.39, 0.29) is 0 Å². The monoisotopic (exact) mass is 384 g/mol. The molecule has 0 bridgehead atoms. The Kier molecular flexibility index (Phi) is 5.11. The van der Waals surface area contributed by atoms with Gasteiger partial charge in [-0.25, -0.2) is 0 Å². The van der Waals surface area contributed by atoms with E-state index < -0.39 is 0 Å². The fraction of sp³-hybridized carbons (Fsp3) is 0.250. The summed E-state index contributed by atoms with van der Waals surface area (Å²) in [7, 11) is 4.89. The number of methoxy groups -OCH3 is 3. The molecule has 2 aromatic carbocycles. The van der Waals surface area contributed by atoms with Crippen molar-refractivity contribution in [3.63, 3.8) is 0 Å². The molecule has 0 aliphatic heterocycles. The molecular formula is C16H17IO3. The summed E-state index contributed by atoms with van der Waals surface area (Å²) in [5.74, 6) is 2.04. The van der Waals surface area contributed by atoms with Crippen molar-refractivity contribution in [3.8, 4) is 17.2 Å². The van der Waals surface area contributed by atoms with Crippen LogP contribution in [0.3, 0.4) is 0 Å². The summed E-state index contributed by atoms with van der Waals surface area (Å²) in [4.78, 5) is 0. The van der Waals surface area contributed by atoms with Crippen LogP contribution in [0.5, 0.6) is 17.2 Å². The molecule has 2 rings (SSSR count). The van der Waals surface area contributed by atoms with Crippen molar-refractivity contribution in [1.82, 2.24) is 0 Å². The van der Waals surface area contributed by atoms with E-state index in [1.54, 1.807) is 21.3 Å². The second-order valence-corrected chi connectivity index (χ2v) is 5.54. The summed E-state index contributed by atoms with van der Waals surface area (Å²) in [6, 6.07) is 12.4. The van der Waals surface area contributed by atoms with Gasteiger partial charge in [0.05, 0.1) is 21.3 Å². The minimum atomic E-state index is 0.637. The maximum atomic E-state index is 5.50. The molecule has 0 spiro atoms. The molecule has 0 amide bonds. The average molecular weight is 384 g/mol. The van der Waals surface area contributed by atoms with Gasteiger partial charge in [-0.2, -0.15) is 0 Å². The molecule has 3 nitrogen and oxygen atoms in total. The minimum absolute atomic E-state index is 0.637. The molecule has 0 saturated heterocycles. The van der Waals surface area contributed by atoms with Crippen molar-refractivity contribution in [2.75, 3.05) is 21.3 Å². The Morgan fingerprint density at radius 1 is 0.800 bits per heavy atom. The van der Waals surface area contributed by atoms with E-state index in [2.05, 4.69) is 46.9 Å². The van der Waals surface area contributed by atoms with Crippen LogP contribution in [0.4, 0.5) is 0 Å². The second kappa shape index (κ2) is 6.83. The summed E-state index contributed by atoms with van der Waals surface area (Å²) >= 11 is 2.30. The predicted molar refractivity (Wildman–Crippen MR) is 88.1 cm³/mol. The molecular weight excluding hydrogens is 367 g/mol. The lowest BCUT2D eigenvalue weighted by molar-refractivity contribution is 0.322. The fourth-order valence-electron chi connectivity index (χ4n) is 2.12. The highest BCUT2D eigenvalue weighted by Gasteiger charge is 2.15. The third-order valence-electron chi connectivity index (χ3n) is 3.09. The van der Waals surface area contributed by atoms with Gasteiger partial charge < -0.3 is 14.2 Å². The molecule has 0 atom stereocenters. The normalized spacial score (nSPS) is 10.2. The maximum Gasteiger partial charge on any atom is 0.203 e. The Labute approximate surface area is 133 Å². The van der Waals surface area contributed by atoms with Crippen molar-refractivity contribution in [3.05, 3.63) is 51.1 Å². The van der Waals surface area contributed by atoms with Crippen molar-refractivity contribution in [1.29, 1.82) is 0 Å². The Morgan fingerprint density at radius 3 is 2.00 bits per heavy atom. The van der Waals surface area contributed by atoms with E-state index in [4.69, 9.17) is 14.2 Å². The van der Waals surface area contributed by atoms with Gasteiger partial charge in [0.2, 0.25) is 5.75 Å². The topological polar surface area (TPSA) is 27.7 Å². The summed E-state index contributed by atoms with van der Waals surface area (Å²) < 4.78 is 17.4. The third-order valence-corrected chi connectivity index (χ3v) is 3.81. The highest BCUT2D eigenvalue weighted by atomic mass is 127. The summed E-state index contributed by atoms with van der Waals surface area (Å²) in [5.41, 5.74) is 2.31. The lowest BCUT2D eigenvalue weighted by Gasteiger charge is -2.15. The van der Waals surface area contributed by atoms with Crippen LogP contribution in [0, 0.1) is 3.57 Å². The molecule has 0 unspecified atom stereocenters. The van der Waals surface area contributed by atoms with Gasteiger partial charge in [-0.05, 0) is 46.4 Å². The van der Waals surface area contributed by atoms with Crippen molar-refractivity contribution in [2.45, 2.75) is 6.42 Å². The number of benzene rings is 2. The molecule has 0 aromatic heterocycles. The van der Waals surface area contributed by atoms with Gasteiger partial charge in [-0.1, -0.05) is 18.2 Å². The maximum absolute atomic E-state index is 5.50. The van der Waals surface area contributed by atoms with E-state index in [0.717, 1.165) is 17.7 Å². The van der Waals surface area contributed by atoms with Crippen molar-refractivity contribution < 1.29 is 14.2 Å². The van der Waals surface area contributed by atoms with E-state index in [1.807, 2.05) is 12.1 Å². The first-order chi connectivity index (χ1) is 9.69. The van der Waals surface area contributed by atoms with Crippen LogP contribution in [0.1, 0.15) is 11.1 Å². The molecule has 0 aliphatic rings. The smallest absolute Gasteiger partial charge is 0.203 e. The minimum Gasteiger partial charge on any atom is -0.493 e. The van der Waals surface area contributed by atoms with Gasteiger partial charge in [-0.15, -0.1) is 0 Å². The van der Waals surface area contributed by atoms with Crippen LogP contribution >= 0.6 is 22.6 Å². The molecule has 0 heterocycles. The molecule has 106 valence electrons. The Balaban J connectivity index is 2.38. The first-order valence-electron chi connectivity index (χ1n) is 6.22. The zero-order valence-electron chi connectivity index (χ0n) is 11.8. The zero-order valence-corrected chi connectivity index (χ0v) is 13.9. The zero-order chi connectivity index (χ0) is 14.5. The highest BCUT2D eigenvalue weighted by molar-refractivity contribution is 14.1.